The second-order valence-corrected chi connectivity index (χ2v) is 9.12. The van der Waals surface area contributed by atoms with Crippen molar-refractivity contribution in [3.8, 4) is 11.4 Å². The summed E-state index contributed by atoms with van der Waals surface area (Å²) in [6.07, 6.45) is 1.86. The van der Waals surface area contributed by atoms with E-state index in [1.165, 1.54) is 54.6 Å². The maximum atomic E-state index is 13.0. The van der Waals surface area contributed by atoms with Gasteiger partial charge in [0.1, 0.15) is 11.3 Å². The molecule has 0 unspecified atom stereocenters. The molecule has 0 radical (unpaired) electrons. The first-order valence-electron chi connectivity index (χ1n) is 10.3. The molecular formula is C23H18FN4O7P. The number of nitro groups is 1. The highest BCUT2D eigenvalue weighted by molar-refractivity contribution is 7.51. The fraction of sp³-hybridized carbons (Fsp3) is 0.0435. The summed E-state index contributed by atoms with van der Waals surface area (Å²) >= 11 is 0. The molecule has 0 saturated heterocycles. The minimum atomic E-state index is -4.56. The van der Waals surface area contributed by atoms with Crippen LogP contribution in [0.4, 0.5) is 15.8 Å². The van der Waals surface area contributed by atoms with Crippen LogP contribution in [0.25, 0.3) is 28.5 Å². The average Bonchev–Trinajstić information content (AvgIpc) is 3.20. The first-order valence-corrected chi connectivity index (χ1v) is 12.1. The number of imidazole rings is 1. The van der Waals surface area contributed by atoms with Crippen LogP contribution in [0.1, 0.15) is 5.56 Å². The second-order valence-electron chi connectivity index (χ2n) is 7.53. The van der Waals surface area contributed by atoms with E-state index in [1.807, 2.05) is 0 Å². The van der Waals surface area contributed by atoms with Crippen LogP contribution in [0.2, 0.25) is 0 Å². The summed E-state index contributed by atoms with van der Waals surface area (Å²) in [5, 5.41) is 13.8. The number of benzene rings is 3. The largest absolute Gasteiger partial charge is 0.399 e. The van der Waals surface area contributed by atoms with Crippen molar-refractivity contribution in [2.45, 2.75) is 0 Å². The molecule has 13 heteroatoms. The van der Waals surface area contributed by atoms with Gasteiger partial charge in [-0.15, -0.1) is 0 Å². The summed E-state index contributed by atoms with van der Waals surface area (Å²) in [4.78, 5) is 50.9. The molecule has 0 atom stereocenters. The van der Waals surface area contributed by atoms with Crippen LogP contribution in [0.3, 0.4) is 0 Å². The lowest BCUT2D eigenvalue weighted by Gasteiger charge is -2.12. The standard InChI is InChI=1S/C23H18FN4O7P/c24-17-6-1-15(2-7-17)3-12-22(29)25-18-8-4-16(5-9-18)23-26-20-11-10-19(28(30)31)13-21(20)27(23)35-14-36(32,33)34/h1-13H,14H2,(H,25,29)(H2,32,33,34). The van der Waals surface area contributed by atoms with Gasteiger partial charge in [0.2, 0.25) is 12.3 Å². The lowest BCUT2D eigenvalue weighted by atomic mass is 10.2. The van der Waals surface area contributed by atoms with Crippen molar-refractivity contribution in [1.82, 2.24) is 9.71 Å². The van der Waals surface area contributed by atoms with Gasteiger partial charge in [0, 0.05) is 29.5 Å². The highest BCUT2D eigenvalue weighted by Gasteiger charge is 2.21. The first kappa shape index (κ1) is 24.7. The van der Waals surface area contributed by atoms with Gasteiger partial charge in [-0.3, -0.25) is 19.5 Å². The fourth-order valence-corrected chi connectivity index (χ4v) is 3.50. The number of carbonyl (C=O) groups excluding carboxylic acids is 1. The smallest absolute Gasteiger partial charge is 0.365 e. The van der Waals surface area contributed by atoms with E-state index < -0.39 is 24.8 Å². The van der Waals surface area contributed by atoms with E-state index in [0.29, 0.717) is 22.3 Å². The maximum Gasteiger partial charge on any atom is 0.365 e. The van der Waals surface area contributed by atoms with Gasteiger partial charge < -0.3 is 19.9 Å². The highest BCUT2D eigenvalue weighted by Crippen LogP contribution is 2.34. The molecule has 1 heterocycles. The van der Waals surface area contributed by atoms with Crippen molar-refractivity contribution in [3.63, 3.8) is 0 Å². The third kappa shape index (κ3) is 5.99. The monoisotopic (exact) mass is 512 g/mol. The first-order chi connectivity index (χ1) is 17.1. The van der Waals surface area contributed by atoms with Crippen LogP contribution in [0.15, 0.2) is 72.8 Å². The number of halogens is 1. The molecule has 184 valence electrons. The summed E-state index contributed by atoms with van der Waals surface area (Å²) in [6.45, 7) is 0. The number of nitrogens with zero attached hydrogens (tertiary/aromatic N) is 3. The van der Waals surface area contributed by atoms with Gasteiger partial charge in [0.05, 0.1) is 10.4 Å². The minimum absolute atomic E-state index is 0.146. The summed E-state index contributed by atoms with van der Waals surface area (Å²) in [5.41, 5.74) is 1.76. The molecule has 4 rings (SSSR count). The number of fused-ring (bicyclic) bond motifs is 1. The summed E-state index contributed by atoms with van der Waals surface area (Å²) in [5.74, 6) is -0.653. The van der Waals surface area contributed by atoms with Gasteiger partial charge in [-0.25, -0.2) is 9.37 Å². The van der Waals surface area contributed by atoms with Crippen LogP contribution in [-0.2, 0) is 9.36 Å². The predicted molar refractivity (Wildman–Crippen MR) is 129 cm³/mol. The van der Waals surface area contributed by atoms with Crippen LogP contribution in [0.5, 0.6) is 0 Å². The zero-order valence-corrected chi connectivity index (χ0v) is 19.2. The fourth-order valence-electron chi connectivity index (χ4n) is 3.23. The third-order valence-electron chi connectivity index (χ3n) is 4.87. The van der Waals surface area contributed by atoms with Crippen LogP contribution in [0, 0.1) is 15.9 Å². The Kier molecular flexibility index (Phi) is 6.93. The summed E-state index contributed by atoms with van der Waals surface area (Å²) in [6, 6.07) is 15.8. The molecule has 36 heavy (non-hydrogen) atoms. The number of nitro benzene ring substituents is 1. The number of amides is 1. The molecule has 0 aliphatic rings. The van der Waals surface area contributed by atoms with E-state index in [2.05, 4.69) is 10.3 Å². The van der Waals surface area contributed by atoms with Crippen molar-refractivity contribution in [1.29, 1.82) is 0 Å². The molecule has 0 saturated carbocycles. The number of nitrogens with one attached hydrogen (secondary N) is 1. The highest BCUT2D eigenvalue weighted by atomic mass is 31.2. The molecule has 0 aliphatic carbocycles. The Morgan fingerprint density at radius 1 is 1.14 bits per heavy atom. The Hall–Kier alpha value is -4.38. The van der Waals surface area contributed by atoms with Gasteiger partial charge in [0.15, 0.2) is 5.82 Å². The lowest BCUT2D eigenvalue weighted by Crippen LogP contribution is -2.14. The topological polar surface area (TPSA) is 157 Å². The number of anilines is 1. The predicted octanol–water partition coefficient (Wildman–Crippen LogP) is 3.97. The van der Waals surface area contributed by atoms with E-state index in [-0.39, 0.29) is 22.8 Å². The normalized spacial score (nSPS) is 11.6. The van der Waals surface area contributed by atoms with Gasteiger partial charge in [-0.1, -0.05) is 12.1 Å². The minimum Gasteiger partial charge on any atom is -0.399 e. The van der Waals surface area contributed by atoms with Crippen LogP contribution >= 0.6 is 7.60 Å². The number of rotatable bonds is 8. The molecule has 0 fully saturated rings. The van der Waals surface area contributed by atoms with Crippen molar-refractivity contribution in [3.05, 3.63) is 94.3 Å². The molecule has 0 bridgehead atoms. The summed E-state index contributed by atoms with van der Waals surface area (Å²) in [7, 11) is -4.56. The average molecular weight is 512 g/mol. The van der Waals surface area contributed by atoms with Gasteiger partial charge in [0.25, 0.3) is 5.69 Å². The van der Waals surface area contributed by atoms with E-state index in [9.17, 15) is 33.7 Å². The molecule has 0 aliphatic heterocycles. The molecule has 1 aromatic heterocycles. The van der Waals surface area contributed by atoms with E-state index >= 15 is 0 Å². The zero-order valence-electron chi connectivity index (χ0n) is 18.3. The number of carbonyl (C=O) groups is 1. The molecule has 4 aromatic rings. The number of hydrogen-bond donors (Lipinski definition) is 3. The summed E-state index contributed by atoms with van der Waals surface area (Å²) < 4.78 is 25.4. The van der Waals surface area contributed by atoms with Gasteiger partial charge >= 0.3 is 7.60 Å². The number of aromatic nitrogens is 2. The SMILES string of the molecule is O=C(C=Cc1ccc(F)cc1)Nc1ccc(-c2nc3ccc([N+](=O)[O-])cc3n2OCP(=O)(O)O)cc1. The quantitative estimate of drug-likeness (QED) is 0.139. The van der Waals surface area contributed by atoms with E-state index in [4.69, 9.17) is 4.84 Å². The molecule has 1 amide bonds. The Balaban J connectivity index is 1.58. The van der Waals surface area contributed by atoms with Crippen molar-refractivity contribution >= 4 is 42.0 Å². The van der Waals surface area contributed by atoms with Crippen LogP contribution in [-0.4, -0.2) is 36.7 Å². The molecule has 3 aromatic carbocycles. The molecule has 3 N–H and O–H groups in total. The Morgan fingerprint density at radius 3 is 2.47 bits per heavy atom. The molecular weight excluding hydrogens is 494 g/mol. The second kappa shape index (κ2) is 10.1. The molecule has 0 spiro atoms. The molecule has 11 nitrogen and oxygen atoms in total. The van der Waals surface area contributed by atoms with E-state index in [0.717, 1.165) is 4.73 Å². The van der Waals surface area contributed by atoms with E-state index in [1.54, 1.807) is 24.3 Å². The Morgan fingerprint density at radius 2 is 1.83 bits per heavy atom. The van der Waals surface area contributed by atoms with Gasteiger partial charge in [-0.05, 0) is 54.1 Å². The number of hydrogen-bond acceptors (Lipinski definition) is 6. The third-order valence-corrected chi connectivity index (χ3v) is 5.32. The van der Waals surface area contributed by atoms with Gasteiger partial charge in [-0.2, -0.15) is 4.73 Å². The maximum absolute atomic E-state index is 13.0. The zero-order chi connectivity index (χ0) is 25.9. The lowest BCUT2D eigenvalue weighted by molar-refractivity contribution is -0.384. The number of non-ortho nitro benzene ring substituents is 1. The Labute approximate surface area is 202 Å². The van der Waals surface area contributed by atoms with Crippen molar-refractivity contribution < 1.29 is 33.3 Å². The van der Waals surface area contributed by atoms with Crippen molar-refractivity contribution in [2.75, 3.05) is 11.7 Å². The van der Waals surface area contributed by atoms with Crippen molar-refractivity contribution in [2.24, 2.45) is 0 Å². The van der Waals surface area contributed by atoms with Crippen LogP contribution < -0.4 is 10.2 Å². The Bertz CT molecular complexity index is 1510.